The maximum absolute atomic E-state index is 10.6. The maximum atomic E-state index is 10.6. The van der Waals surface area contributed by atoms with E-state index in [0.717, 1.165) is 12.8 Å². The van der Waals surface area contributed by atoms with E-state index in [1.54, 1.807) is 6.08 Å². The number of rotatable bonds is 7. The van der Waals surface area contributed by atoms with Gasteiger partial charge in [-0.15, -0.1) is 0 Å². The number of hydrogen-bond donors (Lipinski definition) is 1. The molecule has 0 aromatic carbocycles. The first-order valence-corrected chi connectivity index (χ1v) is 5.80. The molecule has 1 rings (SSSR count). The first-order valence-electron chi connectivity index (χ1n) is 5.80. The van der Waals surface area contributed by atoms with Gasteiger partial charge in [-0.3, -0.25) is 0 Å². The van der Waals surface area contributed by atoms with E-state index in [-0.39, 0.29) is 6.10 Å². The lowest BCUT2D eigenvalue weighted by Gasteiger charge is -2.10. The Balaban J connectivity index is 2.05. The fraction of sp³-hybridized carbons (Fsp3) is 0.750. The van der Waals surface area contributed by atoms with Crippen molar-refractivity contribution in [2.24, 2.45) is 0 Å². The van der Waals surface area contributed by atoms with Crippen LogP contribution in [0.1, 0.15) is 45.4 Å². The van der Waals surface area contributed by atoms with Gasteiger partial charge in [-0.25, -0.2) is 4.79 Å². The van der Waals surface area contributed by atoms with Crippen molar-refractivity contribution in [2.45, 2.75) is 57.7 Å². The normalized spacial score (nSPS) is 24.6. The molecule has 1 N–H and O–H groups in total. The van der Waals surface area contributed by atoms with Crippen LogP contribution in [0.2, 0.25) is 0 Å². The molecule has 1 aliphatic rings. The Bertz CT molecular complexity index is 223. The van der Waals surface area contributed by atoms with Gasteiger partial charge >= 0.3 is 5.97 Å². The summed E-state index contributed by atoms with van der Waals surface area (Å²) in [6, 6.07) is 0. The molecule has 1 aliphatic heterocycles. The zero-order chi connectivity index (χ0) is 11.1. The molecule has 86 valence electrons. The van der Waals surface area contributed by atoms with Crippen molar-refractivity contribution in [2.75, 3.05) is 0 Å². The van der Waals surface area contributed by atoms with Crippen molar-refractivity contribution >= 4 is 5.97 Å². The van der Waals surface area contributed by atoms with Crippen molar-refractivity contribution in [1.82, 2.24) is 0 Å². The van der Waals surface area contributed by atoms with E-state index in [1.165, 1.54) is 25.7 Å². The molecule has 0 saturated heterocycles. The van der Waals surface area contributed by atoms with Gasteiger partial charge in [0.25, 0.3) is 0 Å². The van der Waals surface area contributed by atoms with Gasteiger partial charge in [-0.05, 0) is 12.5 Å². The van der Waals surface area contributed by atoms with Crippen LogP contribution >= 0.6 is 0 Å². The van der Waals surface area contributed by atoms with Crippen LogP contribution in [-0.2, 0) is 9.53 Å². The zero-order valence-electron chi connectivity index (χ0n) is 9.32. The number of carboxylic acid groups (broad SMARTS) is 1. The van der Waals surface area contributed by atoms with Gasteiger partial charge in [0.2, 0.25) is 0 Å². The molecular weight excluding hydrogens is 192 g/mol. The van der Waals surface area contributed by atoms with Crippen molar-refractivity contribution in [3.8, 4) is 0 Å². The molecule has 0 amide bonds. The molecule has 0 aromatic heterocycles. The summed E-state index contributed by atoms with van der Waals surface area (Å²) in [5.41, 5.74) is 0. The van der Waals surface area contributed by atoms with E-state index < -0.39 is 12.1 Å². The molecule has 0 aromatic rings. The molecule has 0 aliphatic carbocycles. The first-order chi connectivity index (χ1) is 7.24. The molecule has 0 radical (unpaired) electrons. The number of carboxylic acids is 1. The average molecular weight is 212 g/mol. The number of aliphatic carboxylic acids is 1. The van der Waals surface area contributed by atoms with Crippen molar-refractivity contribution in [3.05, 3.63) is 12.2 Å². The van der Waals surface area contributed by atoms with E-state index in [4.69, 9.17) is 9.84 Å². The van der Waals surface area contributed by atoms with E-state index >= 15 is 0 Å². The van der Waals surface area contributed by atoms with Crippen LogP contribution in [0.5, 0.6) is 0 Å². The predicted molar refractivity (Wildman–Crippen MR) is 58.8 cm³/mol. The van der Waals surface area contributed by atoms with Crippen LogP contribution in [0.4, 0.5) is 0 Å². The summed E-state index contributed by atoms with van der Waals surface area (Å²) in [5.74, 6) is -0.889. The van der Waals surface area contributed by atoms with E-state index in [9.17, 15) is 4.79 Å². The van der Waals surface area contributed by atoms with Crippen LogP contribution in [0.25, 0.3) is 0 Å². The quantitative estimate of drug-likeness (QED) is 0.521. The maximum Gasteiger partial charge on any atom is 0.336 e. The minimum Gasteiger partial charge on any atom is -0.479 e. The number of carbonyl (C=O) groups is 1. The van der Waals surface area contributed by atoms with Gasteiger partial charge in [0.05, 0.1) is 6.10 Å². The minimum absolute atomic E-state index is 0.0210. The highest BCUT2D eigenvalue weighted by Gasteiger charge is 2.24. The fourth-order valence-corrected chi connectivity index (χ4v) is 1.76. The molecule has 0 fully saturated rings. The molecule has 3 nitrogen and oxygen atoms in total. The summed E-state index contributed by atoms with van der Waals surface area (Å²) in [6.45, 7) is 2.19. The summed E-state index contributed by atoms with van der Waals surface area (Å²) in [6.07, 6.45) is 9.93. The number of hydrogen-bond acceptors (Lipinski definition) is 2. The lowest BCUT2D eigenvalue weighted by Crippen LogP contribution is -2.21. The Labute approximate surface area is 91.1 Å². The van der Waals surface area contributed by atoms with E-state index in [1.807, 2.05) is 6.08 Å². The van der Waals surface area contributed by atoms with Gasteiger partial charge in [-0.1, -0.05) is 45.1 Å². The topological polar surface area (TPSA) is 46.5 Å². The molecule has 15 heavy (non-hydrogen) atoms. The largest absolute Gasteiger partial charge is 0.479 e. The van der Waals surface area contributed by atoms with Gasteiger partial charge in [0, 0.05) is 0 Å². The van der Waals surface area contributed by atoms with E-state index in [0.29, 0.717) is 0 Å². The summed E-state index contributed by atoms with van der Waals surface area (Å²) >= 11 is 0. The fourth-order valence-electron chi connectivity index (χ4n) is 1.76. The molecule has 0 spiro atoms. The SMILES string of the molecule is CCCCCCCC1C=CC(C(=O)O)O1. The van der Waals surface area contributed by atoms with Crippen LogP contribution in [0.15, 0.2) is 12.2 Å². The average Bonchev–Trinajstić information content (AvgIpc) is 2.66. The third kappa shape index (κ3) is 4.47. The molecule has 2 unspecified atom stereocenters. The van der Waals surface area contributed by atoms with Gasteiger partial charge in [-0.2, -0.15) is 0 Å². The molecule has 3 heteroatoms. The van der Waals surface area contributed by atoms with Gasteiger partial charge < -0.3 is 9.84 Å². The van der Waals surface area contributed by atoms with Crippen molar-refractivity contribution < 1.29 is 14.6 Å². The second-order valence-corrected chi connectivity index (χ2v) is 4.02. The Kier molecular flexibility index (Phi) is 5.40. The number of ether oxygens (including phenoxy) is 1. The van der Waals surface area contributed by atoms with Crippen molar-refractivity contribution in [1.29, 1.82) is 0 Å². The molecule has 2 atom stereocenters. The third-order valence-corrected chi connectivity index (χ3v) is 2.66. The molecular formula is C12H20O3. The van der Waals surface area contributed by atoms with Crippen LogP contribution in [0, 0.1) is 0 Å². The molecule has 1 heterocycles. The Morgan fingerprint density at radius 1 is 1.27 bits per heavy atom. The second kappa shape index (κ2) is 6.62. The van der Waals surface area contributed by atoms with E-state index in [2.05, 4.69) is 6.92 Å². The van der Waals surface area contributed by atoms with Gasteiger partial charge in [0.15, 0.2) is 6.10 Å². The van der Waals surface area contributed by atoms with Crippen LogP contribution in [0.3, 0.4) is 0 Å². The van der Waals surface area contributed by atoms with Crippen LogP contribution in [-0.4, -0.2) is 23.3 Å². The Morgan fingerprint density at radius 2 is 2.00 bits per heavy atom. The first kappa shape index (κ1) is 12.2. The summed E-state index contributed by atoms with van der Waals surface area (Å²) in [5, 5.41) is 8.70. The number of unbranched alkanes of at least 4 members (excludes halogenated alkanes) is 4. The highest BCUT2D eigenvalue weighted by atomic mass is 16.5. The lowest BCUT2D eigenvalue weighted by molar-refractivity contribution is -0.147. The minimum atomic E-state index is -0.889. The standard InChI is InChI=1S/C12H20O3/c1-2-3-4-5-6-7-10-8-9-11(15-10)12(13)14/h8-11H,2-7H2,1H3,(H,13,14). The summed E-state index contributed by atoms with van der Waals surface area (Å²) < 4.78 is 5.32. The monoisotopic (exact) mass is 212 g/mol. The summed E-state index contributed by atoms with van der Waals surface area (Å²) in [7, 11) is 0. The Morgan fingerprint density at radius 3 is 2.60 bits per heavy atom. The van der Waals surface area contributed by atoms with Gasteiger partial charge in [0.1, 0.15) is 0 Å². The molecule has 0 bridgehead atoms. The summed E-state index contributed by atoms with van der Waals surface area (Å²) in [4.78, 5) is 10.6. The predicted octanol–water partition coefficient (Wildman–Crippen LogP) is 2.76. The Hall–Kier alpha value is -0.830. The second-order valence-electron chi connectivity index (χ2n) is 4.02. The highest BCUT2D eigenvalue weighted by Crippen LogP contribution is 2.17. The smallest absolute Gasteiger partial charge is 0.336 e. The van der Waals surface area contributed by atoms with Crippen molar-refractivity contribution in [3.63, 3.8) is 0 Å². The highest BCUT2D eigenvalue weighted by molar-refractivity contribution is 5.75. The molecule has 0 saturated carbocycles. The third-order valence-electron chi connectivity index (χ3n) is 2.66. The van der Waals surface area contributed by atoms with Crippen LogP contribution < -0.4 is 0 Å². The lowest BCUT2D eigenvalue weighted by atomic mass is 10.1. The zero-order valence-corrected chi connectivity index (χ0v) is 9.32.